The molecule has 0 spiro atoms. The topological polar surface area (TPSA) is 110 Å². The average molecular weight is 1040 g/mol. The normalized spacial score (nSPS) is 11.7. The maximum absolute atomic E-state index is 12.9. The molecule has 0 unspecified atom stereocenters. The van der Waals surface area contributed by atoms with Crippen molar-refractivity contribution in [3.05, 3.63) is 235 Å². The fraction of sp³-hybridized carbons (Fsp3) is 0. The van der Waals surface area contributed by atoms with E-state index in [9.17, 15) is 21.0 Å². The third kappa shape index (κ3) is 6.17. The van der Waals surface area contributed by atoms with Crippen molar-refractivity contribution in [2.75, 3.05) is 0 Å². The van der Waals surface area contributed by atoms with E-state index in [0.717, 1.165) is 134 Å². The van der Waals surface area contributed by atoms with E-state index in [2.05, 4.69) is 178 Å². The van der Waals surface area contributed by atoms with Crippen LogP contribution in [0.1, 0.15) is 22.3 Å². The van der Waals surface area contributed by atoms with Gasteiger partial charge in [0.15, 0.2) is 0 Å². The van der Waals surface area contributed by atoms with Crippen molar-refractivity contribution in [2.45, 2.75) is 0 Å². The zero-order valence-electron chi connectivity index (χ0n) is 41.7. The predicted molar refractivity (Wildman–Crippen MR) is 325 cm³/mol. The second-order valence-electron chi connectivity index (χ2n) is 19.9. The van der Waals surface area contributed by atoms with Crippen molar-refractivity contribution in [3.8, 4) is 63.6 Å². The van der Waals surface area contributed by atoms with E-state index in [1.54, 1.807) is 22.7 Å². The third-order valence-electron chi connectivity index (χ3n) is 16.0. The number of aromatic nitrogens is 3. The molecular formula is C70H35N7S2. The van der Waals surface area contributed by atoms with Crippen LogP contribution in [0.25, 0.3) is 145 Å². The van der Waals surface area contributed by atoms with Crippen LogP contribution in [-0.2, 0) is 0 Å². The van der Waals surface area contributed by atoms with Crippen LogP contribution in [0.4, 0.5) is 0 Å². The van der Waals surface area contributed by atoms with Crippen LogP contribution in [0.15, 0.2) is 212 Å². The lowest BCUT2D eigenvalue weighted by molar-refractivity contribution is 1.09. The molecule has 0 radical (unpaired) electrons. The van der Waals surface area contributed by atoms with Gasteiger partial charge in [0.05, 0.1) is 85.1 Å². The monoisotopic (exact) mass is 1040 g/mol. The summed E-state index contributed by atoms with van der Waals surface area (Å²) in [5, 5.41) is 54.3. The second-order valence-corrected chi connectivity index (χ2v) is 22.0. The smallest absolute Gasteiger partial charge is 0.104 e. The fourth-order valence-corrected chi connectivity index (χ4v) is 15.2. The molecule has 0 saturated heterocycles. The summed E-state index contributed by atoms with van der Waals surface area (Å²) in [4.78, 5) is 0. The molecule has 0 amide bonds. The van der Waals surface area contributed by atoms with Gasteiger partial charge in [-0.1, -0.05) is 127 Å². The molecule has 0 saturated carbocycles. The van der Waals surface area contributed by atoms with E-state index >= 15 is 0 Å². The van der Waals surface area contributed by atoms with Gasteiger partial charge in [-0.2, -0.15) is 21.0 Å². The Balaban J connectivity index is 1.27. The highest BCUT2D eigenvalue weighted by atomic mass is 32.1. The number of hydrogen-bond donors (Lipinski definition) is 0. The molecule has 0 bridgehead atoms. The number of fused-ring (bicyclic) bond motifs is 15. The Morgan fingerprint density at radius 1 is 0.278 bits per heavy atom. The van der Waals surface area contributed by atoms with Gasteiger partial charge >= 0.3 is 0 Å². The molecule has 79 heavy (non-hydrogen) atoms. The summed E-state index contributed by atoms with van der Waals surface area (Å²) in [6.45, 7) is 0. The van der Waals surface area contributed by atoms with Gasteiger partial charge in [-0.3, -0.25) is 0 Å². The van der Waals surface area contributed by atoms with Crippen LogP contribution in [0.2, 0.25) is 0 Å². The molecule has 11 aromatic carbocycles. The Labute approximate surface area is 458 Å². The van der Waals surface area contributed by atoms with Crippen LogP contribution in [0.5, 0.6) is 0 Å². The van der Waals surface area contributed by atoms with E-state index < -0.39 is 0 Å². The number of thiophene rings is 2. The van der Waals surface area contributed by atoms with Crippen LogP contribution < -0.4 is 0 Å². The third-order valence-corrected chi connectivity index (χ3v) is 18.4. The minimum absolute atomic E-state index is 0.427. The summed E-state index contributed by atoms with van der Waals surface area (Å²) in [6.07, 6.45) is 0. The lowest BCUT2D eigenvalue weighted by atomic mass is 9.87. The number of benzene rings is 11. The molecule has 362 valence electrons. The molecule has 0 fully saturated rings. The highest BCUT2D eigenvalue weighted by Crippen LogP contribution is 2.56. The quantitative estimate of drug-likeness (QED) is 0.171. The van der Waals surface area contributed by atoms with Gasteiger partial charge in [0, 0.05) is 94.9 Å². The minimum atomic E-state index is 0.427. The Hall–Kier alpha value is -10.8. The second kappa shape index (κ2) is 16.9. The highest BCUT2D eigenvalue weighted by Gasteiger charge is 2.35. The van der Waals surface area contributed by atoms with Gasteiger partial charge in [0.2, 0.25) is 0 Å². The van der Waals surface area contributed by atoms with Crippen molar-refractivity contribution in [1.82, 2.24) is 13.7 Å². The number of nitrogens with zero attached hydrogens (tertiary/aromatic N) is 7. The fourth-order valence-electron chi connectivity index (χ4n) is 12.7. The van der Waals surface area contributed by atoms with Crippen molar-refractivity contribution in [1.29, 1.82) is 21.0 Å². The summed E-state index contributed by atoms with van der Waals surface area (Å²) < 4.78 is 11.3. The molecular weight excluding hydrogens is 1000 g/mol. The van der Waals surface area contributed by atoms with Crippen molar-refractivity contribution >= 4 is 128 Å². The molecule has 5 aromatic heterocycles. The number of hydrogen-bond acceptors (Lipinski definition) is 6. The summed E-state index contributed by atoms with van der Waals surface area (Å²) in [5.41, 5.74) is 13.0. The van der Waals surface area contributed by atoms with E-state index in [1.807, 2.05) is 72.8 Å². The Morgan fingerprint density at radius 2 is 0.608 bits per heavy atom. The molecule has 5 heterocycles. The standard InChI is InChI=1S/C70H35N7S2/c71-36-40-27-30-59-52(33-40)43-13-1-6-22-56(43)75(59)66-55(39-74)67(76-57-23-7-2-14-44(57)53-34-41(37-72)28-31-60(53)76)65(51-21-12-19-49-47-17-5-10-26-63(47)79-70(49)51)68(64(66)50-20-11-18-48-46-16-4-9-25-62(46)78-69(48)50)77-58-24-8-3-15-45(58)54-35-42(38-73)29-32-61(54)77/h1-35H. The van der Waals surface area contributed by atoms with Gasteiger partial charge < -0.3 is 13.7 Å². The van der Waals surface area contributed by atoms with Gasteiger partial charge in [-0.15, -0.1) is 22.7 Å². The predicted octanol–water partition coefficient (Wildman–Crippen LogP) is 18.5. The molecule has 16 rings (SSSR count). The maximum atomic E-state index is 12.9. The maximum Gasteiger partial charge on any atom is 0.104 e. The average Bonchev–Trinajstić information content (AvgIpc) is 4.47. The Kier molecular flexibility index (Phi) is 9.50. The van der Waals surface area contributed by atoms with Crippen LogP contribution in [0, 0.1) is 45.3 Å². The molecule has 7 nitrogen and oxygen atoms in total. The highest BCUT2D eigenvalue weighted by molar-refractivity contribution is 7.26. The largest absolute Gasteiger partial charge is 0.308 e. The van der Waals surface area contributed by atoms with Gasteiger partial charge in [-0.25, -0.2) is 0 Å². The first kappa shape index (κ1) is 44.5. The first-order chi connectivity index (χ1) is 39.0. The molecule has 0 aliphatic heterocycles. The zero-order valence-corrected chi connectivity index (χ0v) is 43.3. The van der Waals surface area contributed by atoms with Crippen molar-refractivity contribution < 1.29 is 0 Å². The first-order valence-corrected chi connectivity index (χ1v) is 27.4. The van der Waals surface area contributed by atoms with Gasteiger partial charge in [-0.05, 0) is 84.9 Å². The Morgan fingerprint density at radius 3 is 0.987 bits per heavy atom. The van der Waals surface area contributed by atoms with Crippen LogP contribution in [-0.4, -0.2) is 13.7 Å². The van der Waals surface area contributed by atoms with E-state index in [4.69, 9.17) is 0 Å². The summed E-state index contributed by atoms with van der Waals surface area (Å²) in [5.74, 6) is 0. The molecule has 0 N–H and O–H groups in total. The molecule has 0 atom stereocenters. The number of rotatable bonds is 5. The summed E-state index contributed by atoms with van der Waals surface area (Å²) in [6, 6.07) is 83.2. The van der Waals surface area contributed by atoms with Crippen LogP contribution >= 0.6 is 22.7 Å². The van der Waals surface area contributed by atoms with Gasteiger partial charge in [0.1, 0.15) is 11.6 Å². The lowest BCUT2D eigenvalue weighted by Crippen LogP contribution is -2.13. The molecule has 16 aromatic rings. The van der Waals surface area contributed by atoms with Crippen molar-refractivity contribution in [2.24, 2.45) is 0 Å². The van der Waals surface area contributed by atoms with Crippen LogP contribution in [0.3, 0.4) is 0 Å². The summed E-state index contributed by atoms with van der Waals surface area (Å²) in [7, 11) is 0. The lowest BCUT2D eigenvalue weighted by Gasteiger charge is -2.29. The number of para-hydroxylation sites is 3. The molecule has 9 heteroatoms. The van der Waals surface area contributed by atoms with E-state index in [-0.39, 0.29) is 0 Å². The SMILES string of the molecule is N#Cc1ccc2c(c1)c1ccccc1n2-c1c(C#N)c(-n2c3ccccc3c3cc(C#N)ccc32)c(-c2cccc3c2sc2ccccc23)c(-n2c3ccccc3c3cc(C#N)ccc32)c1-c1cccc2c1sc1ccccc12. The first-order valence-electron chi connectivity index (χ1n) is 25.8. The van der Waals surface area contributed by atoms with E-state index in [1.165, 1.54) is 0 Å². The Bertz CT molecular complexity index is 5300. The molecule has 0 aliphatic rings. The molecule has 0 aliphatic carbocycles. The van der Waals surface area contributed by atoms with E-state index in [0.29, 0.717) is 33.6 Å². The van der Waals surface area contributed by atoms with Gasteiger partial charge in [0.25, 0.3) is 0 Å². The summed E-state index contributed by atoms with van der Waals surface area (Å²) >= 11 is 3.49. The minimum Gasteiger partial charge on any atom is -0.308 e. The zero-order chi connectivity index (χ0) is 52.6. The number of nitriles is 4. The van der Waals surface area contributed by atoms with Crippen molar-refractivity contribution in [3.63, 3.8) is 0 Å².